The molecule has 2 aromatic rings. The van der Waals surface area contributed by atoms with Crippen molar-refractivity contribution in [2.45, 2.75) is 0 Å². The van der Waals surface area contributed by atoms with Crippen LogP contribution in [0.3, 0.4) is 0 Å². The van der Waals surface area contributed by atoms with Gasteiger partial charge in [0.05, 0.1) is 11.3 Å². The molecule has 0 saturated heterocycles. The van der Waals surface area contributed by atoms with Crippen LogP contribution in [0, 0.1) is 23.0 Å². The molecule has 7 heteroatoms. The molecule has 0 radical (unpaired) electrons. The number of carbonyl (C=O) groups excluding carboxylic acids is 1. The number of carbonyl (C=O) groups is 1. The number of anilines is 1. The Bertz CT molecular complexity index is 774. The molecule has 0 aliphatic carbocycles. The van der Waals surface area contributed by atoms with Gasteiger partial charge in [-0.2, -0.15) is 5.26 Å². The molecule has 0 atom stereocenters. The van der Waals surface area contributed by atoms with E-state index < -0.39 is 17.5 Å². The second-order valence-electron chi connectivity index (χ2n) is 4.58. The van der Waals surface area contributed by atoms with Crippen LogP contribution in [0.1, 0.15) is 15.9 Å². The molecule has 118 valence electrons. The van der Waals surface area contributed by atoms with Crippen LogP contribution in [0.5, 0.6) is 0 Å². The van der Waals surface area contributed by atoms with E-state index in [9.17, 15) is 13.6 Å². The molecule has 2 aromatic carbocycles. The maximum Gasteiger partial charge on any atom is 0.252 e. The number of halogens is 3. The van der Waals surface area contributed by atoms with E-state index in [1.165, 1.54) is 24.3 Å². The first-order valence-electron chi connectivity index (χ1n) is 6.68. The Balaban J connectivity index is 1.91. The highest BCUT2D eigenvalue weighted by atomic mass is 79.9. The van der Waals surface area contributed by atoms with Crippen molar-refractivity contribution in [3.8, 4) is 6.07 Å². The Morgan fingerprint density at radius 2 is 2.00 bits per heavy atom. The summed E-state index contributed by atoms with van der Waals surface area (Å²) in [6, 6.07) is 9.88. The monoisotopic (exact) mass is 379 g/mol. The first-order valence-corrected chi connectivity index (χ1v) is 7.48. The fraction of sp³-hybridized carbons (Fsp3) is 0.125. The lowest BCUT2D eigenvalue weighted by Crippen LogP contribution is -2.29. The van der Waals surface area contributed by atoms with E-state index in [-0.39, 0.29) is 24.2 Å². The minimum Gasteiger partial charge on any atom is -0.382 e. The average molecular weight is 380 g/mol. The van der Waals surface area contributed by atoms with Gasteiger partial charge >= 0.3 is 0 Å². The van der Waals surface area contributed by atoms with E-state index in [0.717, 1.165) is 6.07 Å². The molecule has 4 nitrogen and oxygen atoms in total. The number of rotatable bonds is 5. The highest BCUT2D eigenvalue weighted by Gasteiger charge is 2.11. The number of amides is 1. The van der Waals surface area contributed by atoms with Crippen LogP contribution in [0.4, 0.5) is 14.5 Å². The topological polar surface area (TPSA) is 64.9 Å². The molecule has 0 unspecified atom stereocenters. The molecule has 0 heterocycles. The van der Waals surface area contributed by atoms with E-state index in [1.54, 1.807) is 12.1 Å². The zero-order valence-corrected chi connectivity index (χ0v) is 13.5. The maximum absolute atomic E-state index is 13.4. The van der Waals surface area contributed by atoms with E-state index in [1.807, 2.05) is 0 Å². The molecular weight excluding hydrogens is 368 g/mol. The summed E-state index contributed by atoms with van der Waals surface area (Å²) in [6.45, 7) is 0.514. The zero-order valence-electron chi connectivity index (χ0n) is 11.9. The van der Waals surface area contributed by atoms with Crippen LogP contribution < -0.4 is 10.6 Å². The number of benzene rings is 2. The molecule has 23 heavy (non-hydrogen) atoms. The quantitative estimate of drug-likeness (QED) is 0.782. The summed E-state index contributed by atoms with van der Waals surface area (Å²) in [4.78, 5) is 12.0. The molecule has 2 N–H and O–H groups in total. The third-order valence-electron chi connectivity index (χ3n) is 3.02. The van der Waals surface area contributed by atoms with Gasteiger partial charge in [-0.1, -0.05) is 6.07 Å². The van der Waals surface area contributed by atoms with Gasteiger partial charge in [0, 0.05) is 17.6 Å². The Kier molecular flexibility index (Phi) is 5.66. The summed E-state index contributed by atoms with van der Waals surface area (Å²) in [6.07, 6.45) is 0. The van der Waals surface area contributed by atoms with E-state index in [0.29, 0.717) is 10.2 Å². The highest BCUT2D eigenvalue weighted by molar-refractivity contribution is 9.10. The summed E-state index contributed by atoms with van der Waals surface area (Å²) in [5.74, 6) is -1.54. The number of hydrogen-bond donors (Lipinski definition) is 2. The van der Waals surface area contributed by atoms with Crippen LogP contribution >= 0.6 is 15.9 Å². The summed E-state index contributed by atoms with van der Waals surface area (Å²) in [5, 5.41) is 14.4. The lowest BCUT2D eigenvalue weighted by molar-refractivity contribution is 0.0954. The lowest BCUT2D eigenvalue weighted by Gasteiger charge is -2.10. The molecule has 0 bridgehead atoms. The molecular formula is C16H12BrF2N3O. The number of nitriles is 1. The Hall–Kier alpha value is -2.46. The van der Waals surface area contributed by atoms with Crippen molar-refractivity contribution in [3.05, 3.63) is 63.6 Å². The van der Waals surface area contributed by atoms with Crippen molar-refractivity contribution in [1.29, 1.82) is 5.26 Å². The van der Waals surface area contributed by atoms with Gasteiger partial charge in [0.2, 0.25) is 0 Å². The van der Waals surface area contributed by atoms with Crippen molar-refractivity contribution in [2.75, 3.05) is 18.4 Å². The van der Waals surface area contributed by atoms with Crippen LogP contribution in [0.2, 0.25) is 0 Å². The maximum atomic E-state index is 13.4. The molecule has 1 amide bonds. The van der Waals surface area contributed by atoms with E-state index in [4.69, 9.17) is 5.26 Å². The van der Waals surface area contributed by atoms with Crippen molar-refractivity contribution < 1.29 is 13.6 Å². The van der Waals surface area contributed by atoms with Crippen LogP contribution in [0.15, 0.2) is 40.9 Å². The van der Waals surface area contributed by atoms with Crippen LogP contribution in [0.25, 0.3) is 0 Å². The Morgan fingerprint density at radius 3 is 2.74 bits per heavy atom. The summed E-state index contributed by atoms with van der Waals surface area (Å²) < 4.78 is 27.1. The van der Waals surface area contributed by atoms with Gasteiger partial charge in [0.15, 0.2) is 0 Å². The zero-order chi connectivity index (χ0) is 16.8. The third-order valence-corrected chi connectivity index (χ3v) is 3.72. The number of hydrogen-bond acceptors (Lipinski definition) is 3. The van der Waals surface area contributed by atoms with E-state index in [2.05, 4.69) is 26.6 Å². The predicted octanol–water partition coefficient (Wildman–Crippen LogP) is 3.44. The first kappa shape index (κ1) is 16.9. The molecule has 0 aromatic heterocycles. The average Bonchev–Trinajstić information content (AvgIpc) is 2.53. The van der Waals surface area contributed by atoms with Gasteiger partial charge < -0.3 is 10.6 Å². The summed E-state index contributed by atoms with van der Waals surface area (Å²) >= 11 is 3.18. The third kappa shape index (κ3) is 4.27. The van der Waals surface area contributed by atoms with Crippen LogP contribution in [-0.4, -0.2) is 19.0 Å². The summed E-state index contributed by atoms with van der Waals surface area (Å²) in [5.41, 5.74) is 0.467. The van der Waals surface area contributed by atoms with Gasteiger partial charge in [-0.3, -0.25) is 4.79 Å². The van der Waals surface area contributed by atoms with Crippen molar-refractivity contribution in [1.82, 2.24) is 5.32 Å². The standard InChI is InChI=1S/C16H12BrF2N3O/c17-13-5-4-10(18)8-11(13)16(23)22-7-6-21-15-3-1-2-14(19)12(15)9-20/h1-5,8,21H,6-7H2,(H,22,23). The predicted molar refractivity (Wildman–Crippen MR) is 86.0 cm³/mol. The fourth-order valence-corrected chi connectivity index (χ4v) is 2.35. The minimum absolute atomic E-state index is 0.0771. The second kappa shape index (κ2) is 7.70. The fourth-order valence-electron chi connectivity index (χ4n) is 1.93. The Labute approximate surface area is 140 Å². The lowest BCUT2D eigenvalue weighted by atomic mass is 10.2. The highest BCUT2D eigenvalue weighted by Crippen LogP contribution is 2.18. The Morgan fingerprint density at radius 1 is 1.22 bits per heavy atom. The summed E-state index contributed by atoms with van der Waals surface area (Å²) in [7, 11) is 0. The largest absolute Gasteiger partial charge is 0.382 e. The SMILES string of the molecule is N#Cc1c(F)cccc1NCCNC(=O)c1cc(F)ccc1Br. The minimum atomic E-state index is -0.606. The van der Waals surface area contributed by atoms with Crippen LogP contribution in [-0.2, 0) is 0 Å². The molecule has 0 fully saturated rings. The van der Waals surface area contributed by atoms with Crippen molar-refractivity contribution >= 4 is 27.5 Å². The van der Waals surface area contributed by atoms with Gasteiger partial charge in [0.1, 0.15) is 23.3 Å². The molecule has 0 aliphatic rings. The second-order valence-corrected chi connectivity index (χ2v) is 5.44. The van der Waals surface area contributed by atoms with Gasteiger partial charge in [-0.05, 0) is 46.3 Å². The normalized spacial score (nSPS) is 10.0. The molecule has 0 aliphatic heterocycles. The molecule has 2 rings (SSSR count). The molecule has 0 saturated carbocycles. The van der Waals surface area contributed by atoms with E-state index >= 15 is 0 Å². The van der Waals surface area contributed by atoms with Gasteiger partial charge in [0.25, 0.3) is 5.91 Å². The number of nitrogens with one attached hydrogen (secondary N) is 2. The van der Waals surface area contributed by atoms with Crippen molar-refractivity contribution in [3.63, 3.8) is 0 Å². The van der Waals surface area contributed by atoms with Crippen molar-refractivity contribution in [2.24, 2.45) is 0 Å². The first-order chi connectivity index (χ1) is 11.0. The molecule has 0 spiro atoms. The van der Waals surface area contributed by atoms with Gasteiger partial charge in [-0.15, -0.1) is 0 Å². The van der Waals surface area contributed by atoms with Gasteiger partial charge in [-0.25, -0.2) is 8.78 Å². The number of nitrogens with zero attached hydrogens (tertiary/aromatic N) is 1. The smallest absolute Gasteiger partial charge is 0.252 e.